The number of benzene rings is 1. The van der Waals surface area contributed by atoms with Crippen LogP contribution in [-0.4, -0.2) is 38.4 Å². The van der Waals surface area contributed by atoms with E-state index in [-0.39, 0.29) is 23.8 Å². The van der Waals surface area contributed by atoms with Gasteiger partial charge in [0.1, 0.15) is 0 Å². The Bertz CT molecular complexity index is 924. The van der Waals surface area contributed by atoms with Crippen LogP contribution >= 0.6 is 0 Å². The molecule has 1 heterocycles. The van der Waals surface area contributed by atoms with E-state index in [9.17, 15) is 13.2 Å². The van der Waals surface area contributed by atoms with Crippen molar-refractivity contribution in [2.75, 3.05) is 13.7 Å². The smallest absolute Gasteiger partial charge is 0.312 e. The molecule has 2 aliphatic rings. The minimum Gasteiger partial charge on any atom is -0.469 e. The van der Waals surface area contributed by atoms with Crippen LogP contribution in [-0.2, 0) is 19.6 Å². The first kappa shape index (κ1) is 21.1. The number of ether oxygens (including phenoxy) is 1. The Morgan fingerprint density at radius 1 is 1.21 bits per heavy atom. The van der Waals surface area contributed by atoms with Crippen molar-refractivity contribution in [1.29, 1.82) is 0 Å². The quantitative estimate of drug-likeness (QED) is 0.565. The Labute approximate surface area is 168 Å². The largest absolute Gasteiger partial charge is 0.469 e. The summed E-state index contributed by atoms with van der Waals surface area (Å²) in [6.07, 6.45) is 2.71. The summed E-state index contributed by atoms with van der Waals surface area (Å²) in [5, 5.41) is 0. The lowest BCUT2D eigenvalue weighted by Crippen LogP contribution is -2.58. The van der Waals surface area contributed by atoms with Crippen molar-refractivity contribution >= 4 is 16.0 Å². The molecule has 0 aromatic heterocycles. The molecule has 1 fully saturated rings. The third kappa shape index (κ3) is 3.11. The molecule has 0 bridgehead atoms. The highest BCUT2D eigenvalue weighted by Crippen LogP contribution is 2.54. The molecule has 0 unspecified atom stereocenters. The molecule has 3 rings (SSSR count). The molecule has 1 aromatic rings. The molecule has 1 aliphatic heterocycles. The van der Waals surface area contributed by atoms with Gasteiger partial charge in [-0.2, -0.15) is 4.31 Å². The number of esters is 1. The van der Waals surface area contributed by atoms with E-state index in [1.807, 2.05) is 53.7 Å². The minimum absolute atomic E-state index is 0.129. The van der Waals surface area contributed by atoms with Gasteiger partial charge in [-0.05, 0) is 51.2 Å². The SMILES string of the molecule is COC(=O)[C@@]1(C)CC2=C[C@H](C(C)C)N(S(=O)(=O)c3c(C)cc(C)cc3C)C[C@@H]21. The molecular formula is C22H31NO4S. The number of carbonyl (C=O) groups excluding carboxylic acids is 1. The average molecular weight is 406 g/mol. The van der Waals surface area contributed by atoms with Crippen LogP contribution in [0.3, 0.4) is 0 Å². The van der Waals surface area contributed by atoms with Crippen molar-refractivity contribution in [3.63, 3.8) is 0 Å². The van der Waals surface area contributed by atoms with Gasteiger partial charge in [0.15, 0.2) is 0 Å². The molecule has 3 atom stereocenters. The zero-order chi connectivity index (χ0) is 21.0. The van der Waals surface area contributed by atoms with E-state index in [2.05, 4.69) is 6.08 Å². The number of hydrogen-bond acceptors (Lipinski definition) is 4. The third-order valence-electron chi connectivity index (χ3n) is 6.37. The Kier molecular flexibility index (Phi) is 5.26. The molecule has 0 radical (unpaired) electrons. The molecule has 0 spiro atoms. The van der Waals surface area contributed by atoms with Crippen LogP contribution in [0.1, 0.15) is 43.9 Å². The standard InChI is InChI=1S/C22H31NO4S/c1-13(2)19-10-17-11-22(6,21(24)27-7)18(17)12-23(19)28(25,26)20-15(4)8-14(3)9-16(20)5/h8-10,13,18-19H,11-12H2,1-7H3/t18-,19+,22-/m0/s1. The van der Waals surface area contributed by atoms with E-state index in [1.54, 1.807) is 4.31 Å². The molecule has 1 aliphatic carbocycles. The fraction of sp³-hybridized carbons (Fsp3) is 0.591. The highest BCUT2D eigenvalue weighted by atomic mass is 32.2. The Morgan fingerprint density at radius 3 is 2.29 bits per heavy atom. The Morgan fingerprint density at radius 2 is 1.79 bits per heavy atom. The lowest BCUT2D eigenvalue weighted by Gasteiger charge is -2.53. The lowest BCUT2D eigenvalue weighted by atomic mass is 9.56. The van der Waals surface area contributed by atoms with Gasteiger partial charge >= 0.3 is 5.97 Å². The van der Waals surface area contributed by atoms with Gasteiger partial charge in [0.2, 0.25) is 10.0 Å². The summed E-state index contributed by atoms with van der Waals surface area (Å²) in [7, 11) is -2.31. The summed E-state index contributed by atoms with van der Waals surface area (Å²) in [5.41, 5.74) is 3.09. The average Bonchev–Trinajstić information content (AvgIpc) is 2.57. The molecule has 1 saturated carbocycles. The van der Waals surface area contributed by atoms with E-state index >= 15 is 0 Å². The van der Waals surface area contributed by atoms with Crippen LogP contribution in [0, 0.1) is 38.0 Å². The van der Waals surface area contributed by atoms with Crippen molar-refractivity contribution in [1.82, 2.24) is 4.31 Å². The third-order valence-corrected chi connectivity index (χ3v) is 8.54. The summed E-state index contributed by atoms with van der Waals surface area (Å²) in [4.78, 5) is 12.7. The number of sulfonamides is 1. The van der Waals surface area contributed by atoms with E-state index in [4.69, 9.17) is 4.74 Å². The summed E-state index contributed by atoms with van der Waals surface area (Å²) < 4.78 is 34.1. The second-order valence-electron chi connectivity index (χ2n) is 8.92. The Balaban J connectivity index is 2.08. The molecule has 0 amide bonds. The fourth-order valence-electron chi connectivity index (χ4n) is 4.97. The molecule has 1 aromatic carbocycles. The summed E-state index contributed by atoms with van der Waals surface area (Å²) in [5.74, 6) is -0.257. The van der Waals surface area contributed by atoms with Crippen molar-refractivity contribution in [3.8, 4) is 0 Å². The second-order valence-corrected chi connectivity index (χ2v) is 10.7. The minimum atomic E-state index is -3.70. The molecule has 6 heteroatoms. The van der Waals surface area contributed by atoms with Gasteiger partial charge in [-0.1, -0.05) is 43.2 Å². The Hall–Kier alpha value is -1.66. The number of nitrogens with zero attached hydrogens (tertiary/aromatic N) is 1. The number of methoxy groups -OCH3 is 1. The van der Waals surface area contributed by atoms with Gasteiger partial charge in [0.05, 0.1) is 17.4 Å². The summed E-state index contributed by atoms with van der Waals surface area (Å²) >= 11 is 0. The predicted octanol–water partition coefficient (Wildman–Crippen LogP) is 3.77. The van der Waals surface area contributed by atoms with Gasteiger partial charge in [0.25, 0.3) is 0 Å². The van der Waals surface area contributed by atoms with Crippen LogP contribution in [0.15, 0.2) is 28.7 Å². The van der Waals surface area contributed by atoms with Gasteiger partial charge in [-0.25, -0.2) is 8.42 Å². The first-order chi connectivity index (χ1) is 12.9. The normalized spacial score (nSPS) is 27.8. The maximum Gasteiger partial charge on any atom is 0.312 e. The zero-order valence-corrected chi connectivity index (χ0v) is 18.7. The van der Waals surface area contributed by atoms with E-state index < -0.39 is 15.4 Å². The van der Waals surface area contributed by atoms with Crippen molar-refractivity contribution in [2.24, 2.45) is 17.3 Å². The predicted molar refractivity (Wildman–Crippen MR) is 109 cm³/mol. The van der Waals surface area contributed by atoms with Crippen LogP contribution in [0.25, 0.3) is 0 Å². The molecule has 0 N–H and O–H groups in total. The summed E-state index contributed by atoms with van der Waals surface area (Å²) in [6, 6.07) is 3.62. The zero-order valence-electron chi connectivity index (χ0n) is 17.9. The van der Waals surface area contributed by atoms with Gasteiger partial charge in [0, 0.05) is 18.5 Å². The topological polar surface area (TPSA) is 63.7 Å². The van der Waals surface area contributed by atoms with E-state index in [1.165, 1.54) is 12.7 Å². The van der Waals surface area contributed by atoms with Crippen LogP contribution < -0.4 is 0 Å². The van der Waals surface area contributed by atoms with Crippen molar-refractivity contribution in [2.45, 2.75) is 58.9 Å². The monoisotopic (exact) mass is 405 g/mol. The van der Waals surface area contributed by atoms with E-state index in [0.29, 0.717) is 17.9 Å². The van der Waals surface area contributed by atoms with Crippen molar-refractivity contribution < 1.29 is 17.9 Å². The highest BCUT2D eigenvalue weighted by Gasteiger charge is 2.57. The molecular weight excluding hydrogens is 374 g/mol. The lowest BCUT2D eigenvalue weighted by molar-refractivity contribution is -0.159. The van der Waals surface area contributed by atoms with Crippen LogP contribution in [0.2, 0.25) is 0 Å². The maximum absolute atomic E-state index is 13.8. The molecule has 0 saturated heterocycles. The molecule has 154 valence electrons. The first-order valence-electron chi connectivity index (χ1n) is 9.82. The number of rotatable bonds is 4. The highest BCUT2D eigenvalue weighted by molar-refractivity contribution is 7.89. The van der Waals surface area contributed by atoms with Crippen LogP contribution in [0.4, 0.5) is 0 Å². The molecule has 28 heavy (non-hydrogen) atoms. The van der Waals surface area contributed by atoms with E-state index in [0.717, 1.165) is 16.7 Å². The first-order valence-corrected chi connectivity index (χ1v) is 11.3. The number of aryl methyl sites for hydroxylation is 3. The van der Waals surface area contributed by atoms with Crippen LogP contribution in [0.5, 0.6) is 0 Å². The maximum atomic E-state index is 13.8. The van der Waals surface area contributed by atoms with Gasteiger partial charge in [-0.3, -0.25) is 4.79 Å². The fourth-order valence-corrected chi connectivity index (χ4v) is 7.10. The van der Waals surface area contributed by atoms with Crippen molar-refractivity contribution in [3.05, 3.63) is 40.5 Å². The van der Waals surface area contributed by atoms with Gasteiger partial charge < -0.3 is 4.74 Å². The number of hydrogen-bond donors (Lipinski definition) is 0. The second kappa shape index (κ2) is 6.99. The molecule has 5 nitrogen and oxygen atoms in total. The van der Waals surface area contributed by atoms with Gasteiger partial charge in [-0.15, -0.1) is 0 Å². The number of fused-ring (bicyclic) bond motifs is 1. The number of carbonyl (C=O) groups is 1. The summed E-state index contributed by atoms with van der Waals surface area (Å²) in [6.45, 7) is 11.9.